The van der Waals surface area contributed by atoms with Crippen LogP contribution in [0.25, 0.3) is 5.69 Å². The minimum absolute atomic E-state index is 0. The fourth-order valence-corrected chi connectivity index (χ4v) is 3.01. The standard InChI is InChI=1S/C15H18BrN5O.ClH/c1-10-14(15(22)18-12-5-3-7-17-9-12)19-20-21(10)13-6-2-4-11(16)8-13;/h2,4,6,8,12,17H,3,5,7,9H2,1H3,(H,18,22);1H. The summed E-state index contributed by atoms with van der Waals surface area (Å²) in [7, 11) is 0. The Labute approximate surface area is 149 Å². The van der Waals surface area contributed by atoms with E-state index in [1.54, 1.807) is 4.68 Å². The van der Waals surface area contributed by atoms with E-state index in [4.69, 9.17) is 0 Å². The molecule has 1 amide bonds. The van der Waals surface area contributed by atoms with E-state index < -0.39 is 0 Å². The van der Waals surface area contributed by atoms with Gasteiger partial charge in [0.1, 0.15) is 0 Å². The van der Waals surface area contributed by atoms with Crippen LogP contribution < -0.4 is 10.6 Å². The maximum atomic E-state index is 12.4. The highest BCUT2D eigenvalue weighted by Gasteiger charge is 2.21. The van der Waals surface area contributed by atoms with E-state index in [9.17, 15) is 4.79 Å². The van der Waals surface area contributed by atoms with Crippen molar-refractivity contribution in [3.05, 3.63) is 40.1 Å². The van der Waals surface area contributed by atoms with Crippen molar-refractivity contribution in [2.45, 2.75) is 25.8 Å². The fraction of sp³-hybridized carbons (Fsp3) is 0.400. The minimum atomic E-state index is -0.160. The molecule has 23 heavy (non-hydrogen) atoms. The summed E-state index contributed by atoms with van der Waals surface area (Å²) in [5.74, 6) is -0.160. The Morgan fingerprint density at radius 2 is 2.30 bits per heavy atom. The third-order valence-corrected chi connectivity index (χ3v) is 4.29. The maximum absolute atomic E-state index is 12.4. The number of benzene rings is 1. The van der Waals surface area contributed by atoms with Crippen LogP contribution in [0.3, 0.4) is 0 Å². The topological polar surface area (TPSA) is 71.8 Å². The lowest BCUT2D eigenvalue weighted by Gasteiger charge is -2.23. The first kappa shape index (κ1) is 17.9. The number of hydrogen-bond acceptors (Lipinski definition) is 4. The Kier molecular flexibility index (Phi) is 6.15. The number of nitrogens with zero attached hydrogens (tertiary/aromatic N) is 3. The average molecular weight is 401 g/mol. The zero-order valence-corrected chi connectivity index (χ0v) is 15.2. The van der Waals surface area contributed by atoms with E-state index >= 15 is 0 Å². The van der Waals surface area contributed by atoms with Gasteiger partial charge in [-0.05, 0) is 44.5 Å². The zero-order chi connectivity index (χ0) is 15.5. The Hall–Kier alpha value is -1.44. The van der Waals surface area contributed by atoms with Gasteiger partial charge in [-0.1, -0.05) is 27.2 Å². The first-order valence-electron chi connectivity index (χ1n) is 7.35. The van der Waals surface area contributed by atoms with Gasteiger partial charge in [0.2, 0.25) is 0 Å². The molecule has 2 heterocycles. The molecule has 1 fully saturated rings. The summed E-state index contributed by atoms with van der Waals surface area (Å²) in [6.07, 6.45) is 2.08. The molecule has 1 saturated heterocycles. The van der Waals surface area contributed by atoms with E-state index in [1.807, 2.05) is 31.2 Å². The summed E-state index contributed by atoms with van der Waals surface area (Å²) in [6.45, 7) is 3.68. The van der Waals surface area contributed by atoms with E-state index in [0.717, 1.165) is 41.8 Å². The molecule has 0 radical (unpaired) electrons. The number of rotatable bonds is 3. The third-order valence-electron chi connectivity index (χ3n) is 3.79. The zero-order valence-electron chi connectivity index (χ0n) is 12.8. The molecule has 1 aliphatic rings. The number of carbonyl (C=O) groups excluding carboxylic acids is 1. The Morgan fingerprint density at radius 1 is 1.48 bits per heavy atom. The van der Waals surface area contributed by atoms with Crippen molar-refractivity contribution in [1.29, 1.82) is 0 Å². The summed E-state index contributed by atoms with van der Waals surface area (Å²) in [6, 6.07) is 7.90. The Bertz CT molecular complexity index is 684. The number of aromatic nitrogens is 3. The molecule has 8 heteroatoms. The second-order valence-corrected chi connectivity index (χ2v) is 6.35. The number of carbonyl (C=O) groups is 1. The van der Waals surface area contributed by atoms with Crippen molar-refractivity contribution in [1.82, 2.24) is 25.6 Å². The SMILES string of the molecule is Cc1c(C(=O)NC2CCCNC2)nnn1-c1cccc(Br)c1.Cl. The van der Waals surface area contributed by atoms with Crippen LogP contribution >= 0.6 is 28.3 Å². The van der Waals surface area contributed by atoms with Gasteiger partial charge in [-0.15, -0.1) is 17.5 Å². The van der Waals surface area contributed by atoms with Crippen LogP contribution in [0.4, 0.5) is 0 Å². The lowest BCUT2D eigenvalue weighted by Crippen LogP contribution is -2.45. The molecule has 0 bridgehead atoms. The van der Waals surface area contributed by atoms with Gasteiger partial charge in [-0.2, -0.15) is 0 Å². The van der Waals surface area contributed by atoms with Gasteiger partial charge in [-0.25, -0.2) is 4.68 Å². The molecule has 124 valence electrons. The van der Waals surface area contributed by atoms with Gasteiger partial charge in [0.15, 0.2) is 5.69 Å². The average Bonchev–Trinajstić information content (AvgIpc) is 2.90. The van der Waals surface area contributed by atoms with E-state index in [1.165, 1.54) is 0 Å². The molecule has 1 atom stereocenters. The second-order valence-electron chi connectivity index (χ2n) is 5.43. The largest absolute Gasteiger partial charge is 0.347 e. The van der Waals surface area contributed by atoms with Gasteiger partial charge < -0.3 is 10.6 Å². The van der Waals surface area contributed by atoms with Crippen LogP contribution in [0, 0.1) is 6.92 Å². The van der Waals surface area contributed by atoms with Crippen molar-refractivity contribution in [3.8, 4) is 5.69 Å². The highest BCUT2D eigenvalue weighted by atomic mass is 79.9. The molecule has 0 spiro atoms. The maximum Gasteiger partial charge on any atom is 0.274 e. The molecule has 1 aromatic heterocycles. The van der Waals surface area contributed by atoms with Crippen LogP contribution in [0.1, 0.15) is 29.0 Å². The van der Waals surface area contributed by atoms with Crippen LogP contribution in [0.5, 0.6) is 0 Å². The summed E-state index contributed by atoms with van der Waals surface area (Å²) in [4.78, 5) is 12.4. The molecular weight excluding hydrogens is 382 g/mol. The fourth-order valence-electron chi connectivity index (χ4n) is 2.62. The van der Waals surface area contributed by atoms with Crippen LogP contribution in [0.15, 0.2) is 28.7 Å². The molecule has 0 aliphatic carbocycles. The molecule has 0 saturated carbocycles. The van der Waals surface area contributed by atoms with Crippen molar-refractivity contribution in [3.63, 3.8) is 0 Å². The molecular formula is C15H19BrClN5O. The van der Waals surface area contributed by atoms with Gasteiger partial charge in [0.05, 0.1) is 11.4 Å². The van der Waals surface area contributed by atoms with E-state index in [-0.39, 0.29) is 24.4 Å². The van der Waals surface area contributed by atoms with Crippen LogP contribution in [0.2, 0.25) is 0 Å². The van der Waals surface area contributed by atoms with Gasteiger partial charge >= 0.3 is 0 Å². The smallest absolute Gasteiger partial charge is 0.274 e. The first-order valence-corrected chi connectivity index (χ1v) is 8.14. The molecule has 1 aromatic carbocycles. The number of hydrogen-bond donors (Lipinski definition) is 2. The lowest BCUT2D eigenvalue weighted by atomic mass is 10.1. The molecule has 6 nitrogen and oxygen atoms in total. The summed E-state index contributed by atoms with van der Waals surface area (Å²) >= 11 is 3.44. The molecule has 3 rings (SSSR count). The predicted molar refractivity (Wildman–Crippen MR) is 94.4 cm³/mol. The highest BCUT2D eigenvalue weighted by molar-refractivity contribution is 9.10. The monoisotopic (exact) mass is 399 g/mol. The van der Waals surface area contributed by atoms with E-state index in [0.29, 0.717) is 5.69 Å². The van der Waals surface area contributed by atoms with Crippen molar-refractivity contribution in [2.75, 3.05) is 13.1 Å². The van der Waals surface area contributed by atoms with Crippen molar-refractivity contribution >= 4 is 34.2 Å². The molecule has 2 N–H and O–H groups in total. The normalized spacial score (nSPS) is 17.4. The summed E-state index contributed by atoms with van der Waals surface area (Å²) in [5, 5.41) is 14.5. The molecule has 1 unspecified atom stereocenters. The third kappa shape index (κ3) is 4.10. The summed E-state index contributed by atoms with van der Waals surface area (Å²) < 4.78 is 2.64. The second kappa shape index (κ2) is 7.90. The van der Waals surface area contributed by atoms with Gasteiger partial charge in [0, 0.05) is 17.1 Å². The van der Waals surface area contributed by atoms with Gasteiger partial charge in [-0.3, -0.25) is 4.79 Å². The Balaban J connectivity index is 0.00000192. The number of piperidine rings is 1. The number of halogens is 2. The lowest BCUT2D eigenvalue weighted by molar-refractivity contribution is 0.0925. The van der Waals surface area contributed by atoms with Crippen molar-refractivity contribution < 1.29 is 4.79 Å². The molecule has 2 aromatic rings. The Morgan fingerprint density at radius 3 is 3.00 bits per heavy atom. The number of nitrogens with one attached hydrogen (secondary N) is 2. The molecule has 1 aliphatic heterocycles. The predicted octanol–water partition coefficient (Wildman–Crippen LogP) is 2.24. The highest BCUT2D eigenvalue weighted by Crippen LogP contribution is 2.17. The van der Waals surface area contributed by atoms with Crippen LogP contribution in [-0.2, 0) is 0 Å². The van der Waals surface area contributed by atoms with Crippen molar-refractivity contribution in [2.24, 2.45) is 0 Å². The quantitative estimate of drug-likeness (QED) is 0.829. The summed E-state index contributed by atoms with van der Waals surface area (Å²) in [5.41, 5.74) is 1.99. The number of amides is 1. The minimum Gasteiger partial charge on any atom is -0.347 e. The van der Waals surface area contributed by atoms with Crippen LogP contribution in [-0.4, -0.2) is 40.0 Å². The van der Waals surface area contributed by atoms with Gasteiger partial charge in [0.25, 0.3) is 5.91 Å². The first-order chi connectivity index (χ1) is 10.6. The van der Waals surface area contributed by atoms with E-state index in [2.05, 4.69) is 36.9 Å².